The molecule has 0 aromatic rings. The van der Waals surface area contributed by atoms with E-state index in [-0.39, 0.29) is 37.3 Å². The van der Waals surface area contributed by atoms with E-state index in [1.54, 1.807) is 18.7 Å². The Kier molecular flexibility index (Phi) is 20.4. The zero-order chi connectivity index (χ0) is 33.7. The van der Waals surface area contributed by atoms with Crippen LogP contribution in [0.5, 0.6) is 0 Å². The molecule has 260 valence electrons. The van der Waals surface area contributed by atoms with Crippen molar-refractivity contribution < 1.29 is 33.4 Å². The molecular formula is C35H63N3O7. The molecule has 0 aromatic heterocycles. The molecule has 1 saturated heterocycles. The van der Waals surface area contributed by atoms with Gasteiger partial charge in [0, 0.05) is 64.3 Å². The van der Waals surface area contributed by atoms with Gasteiger partial charge in [0.15, 0.2) is 6.10 Å². The predicted octanol–water partition coefficient (Wildman–Crippen LogP) is 5.80. The van der Waals surface area contributed by atoms with E-state index in [1.807, 2.05) is 11.8 Å². The summed E-state index contributed by atoms with van der Waals surface area (Å²) in [6, 6.07) is 0. The Labute approximate surface area is 272 Å². The highest BCUT2D eigenvalue weighted by atomic mass is 16.6. The van der Waals surface area contributed by atoms with Crippen molar-refractivity contribution in [2.75, 3.05) is 39.3 Å². The van der Waals surface area contributed by atoms with Gasteiger partial charge in [0.2, 0.25) is 11.8 Å². The maximum atomic E-state index is 13.0. The lowest BCUT2D eigenvalue weighted by molar-refractivity contribution is -0.166. The number of hydrogen-bond donors (Lipinski definition) is 1. The van der Waals surface area contributed by atoms with Crippen LogP contribution in [0.25, 0.3) is 0 Å². The van der Waals surface area contributed by atoms with Crippen LogP contribution in [0, 0.1) is 11.3 Å². The van der Waals surface area contributed by atoms with Crippen molar-refractivity contribution in [3.63, 3.8) is 0 Å². The molecule has 1 heterocycles. The summed E-state index contributed by atoms with van der Waals surface area (Å²) in [4.78, 5) is 65.0. The maximum absolute atomic E-state index is 13.0. The Morgan fingerprint density at radius 3 is 1.71 bits per heavy atom. The number of unbranched alkanes of at least 4 members (excludes halogenated alkanes) is 12. The molecule has 3 amide bonds. The van der Waals surface area contributed by atoms with E-state index in [9.17, 15) is 24.0 Å². The Hall–Kier alpha value is -2.65. The van der Waals surface area contributed by atoms with Gasteiger partial charge in [-0.3, -0.25) is 24.0 Å². The van der Waals surface area contributed by atoms with Crippen molar-refractivity contribution in [1.82, 2.24) is 15.1 Å². The number of esters is 2. The van der Waals surface area contributed by atoms with Crippen molar-refractivity contribution in [2.24, 2.45) is 11.3 Å². The molecule has 0 bridgehead atoms. The van der Waals surface area contributed by atoms with Gasteiger partial charge in [-0.25, -0.2) is 0 Å². The largest absolute Gasteiger partial charge is 0.465 e. The molecule has 1 aliphatic rings. The highest BCUT2D eigenvalue weighted by molar-refractivity contribution is 5.85. The van der Waals surface area contributed by atoms with Crippen molar-refractivity contribution >= 4 is 29.7 Å². The molecule has 2 atom stereocenters. The molecule has 1 fully saturated rings. The van der Waals surface area contributed by atoms with Crippen LogP contribution >= 0.6 is 0 Å². The molecule has 0 spiro atoms. The van der Waals surface area contributed by atoms with Crippen LogP contribution in [0.4, 0.5) is 0 Å². The van der Waals surface area contributed by atoms with E-state index in [1.165, 1.54) is 90.9 Å². The molecule has 45 heavy (non-hydrogen) atoms. The van der Waals surface area contributed by atoms with Crippen LogP contribution in [0.1, 0.15) is 138 Å². The summed E-state index contributed by atoms with van der Waals surface area (Å²) in [5.41, 5.74) is -0.960. The van der Waals surface area contributed by atoms with Crippen molar-refractivity contribution in [1.29, 1.82) is 0 Å². The molecule has 0 saturated carbocycles. The fraction of sp³-hybridized carbons (Fsp3) is 0.857. The third kappa shape index (κ3) is 17.6. The Morgan fingerprint density at radius 2 is 1.22 bits per heavy atom. The third-order valence-electron chi connectivity index (χ3n) is 8.62. The minimum absolute atomic E-state index is 0.00885. The van der Waals surface area contributed by atoms with Gasteiger partial charge >= 0.3 is 11.9 Å². The van der Waals surface area contributed by atoms with E-state index in [2.05, 4.69) is 12.2 Å². The summed E-state index contributed by atoms with van der Waals surface area (Å²) >= 11 is 0. The molecule has 1 aliphatic heterocycles. The number of nitrogens with one attached hydrogen (secondary N) is 1. The lowest BCUT2D eigenvalue weighted by Crippen LogP contribution is -2.52. The molecular weight excluding hydrogens is 574 g/mol. The van der Waals surface area contributed by atoms with E-state index in [0.29, 0.717) is 26.2 Å². The number of carbonyl (C=O) groups is 5. The summed E-state index contributed by atoms with van der Waals surface area (Å²) in [6.45, 7) is 12.0. The van der Waals surface area contributed by atoms with Gasteiger partial charge in [0.05, 0.1) is 0 Å². The summed E-state index contributed by atoms with van der Waals surface area (Å²) in [7, 11) is 0. The first kappa shape index (κ1) is 40.4. The van der Waals surface area contributed by atoms with Gasteiger partial charge < -0.3 is 24.6 Å². The van der Waals surface area contributed by atoms with Crippen molar-refractivity contribution in [3.8, 4) is 0 Å². The summed E-state index contributed by atoms with van der Waals surface area (Å²) in [5, 5.41) is 2.68. The standard InChI is InChI=1S/C35H63N3O7/c1-7-8-9-10-11-12-13-14-15-16-17-18-19-20-28(2)34(43)38-25-23-37(24-26-38)31(41)21-22-36-33(42)32(45-30(4)40)35(5,6)27-44-29(3)39/h28,32H,7-27H2,1-6H3,(H,36,42). The van der Waals surface area contributed by atoms with Gasteiger partial charge in [-0.1, -0.05) is 111 Å². The molecule has 1 N–H and O–H groups in total. The van der Waals surface area contributed by atoms with Crippen molar-refractivity contribution in [2.45, 2.75) is 144 Å². The number of amides is 3. The first-order valence-electron chi connectivity index (χ1n) is 17.5. The second-order valence-electron chi connectivity index (χ2n) is 13.4. The van der Waals surface area contributed by atoms with Gasteiger partial charge in [0.25, 0.3) is 5.91 Å². The lowest BCUT2D eigenvalue weighted by Gasteiger charge is -2.36. The summed E-state index contributed by atoms with van der Waals surface area (Å²) in [6.07, 6.45) is 16.9. The number of carbonyl (C=O) groups excluding carboxylic acids is 5. The first-order valence-corrected chi connectivity index (χ1v) is 17.5. The number of nitrogens with zero attached hydrogens (tertiary/aromatic N) is 2. The van der Waals surface area contributed by atoms with Crippen LogP contribution in [0.3, 0.4) is 0 Å². The van der Waals surface area contributed by atoms with Gasteiger partial charge in [-0.2, -0.15) is 0 Å². The van der Waals surface area contributed by atoms with E-state index in [0.717, 1.165) is 12.8 Å². The second-order valence-corrected chi connectivity index (χ2v) is 13.4. The normalized spacial score (nSPS) is 14.9. The van der Waals surface area contributed by atoms with Gasteiger partial charge in [-0.15, -0.1) is 0 Å². The van der Waals surface area contributed by atoms with Crippen molar-refractivity contribution in [3.05, 3.63) is 0 Å². The fourth-order valence-electron chi connectivity index (χ4n) is 5.72. The quantitative estimate of drug-likeness (QED) is 0.111. The molecule has 0 radical (unpaired) electrons. The average molecular weight is 638 g/mol. The van der Waals surface area contributed by atoms with Crippen LogP contribution in [-0.4, -0.2) is 84.9 Å². The van der Waals surface area contributed by atoms with E-state index in [4.69, 9.17) is 9.47 Å². The zero-order valence-corrected chi connectivity index (χ0v) is 29.3. The Bertz CT molecular complexity index is 900. The molecule has 10 heteroatoms. The average Bonchev–Trinajstić information content (AvgIpc) is 3.00. The Morgan fingerprint density at radius 1 is 0.733 bits per heavy atom. The van der Waals surface area contributed by atoms with E-state index < -0.39 is 29.4 Å². The topological polar surface area (TPSA) is 122 Å². The van der Waals surface area contributed by atoms with E-state index >= 15 is 0 Å². The Balaban J connectivity index is 2.26. The number of hydrogen-bond acceptors (Lipinski definition) is 7. The van der Waals surface area contributed by atoms with Gasteiger partial charge in [0.1, 0.15) is 6.61 Å². The molecule has 1 rings (SSSR count). The monoisotopic (exact) mass is 637 g/mol. The summed E-state index contributed by atoms with van der Waals surface area (Å²) in [5.74, 6) is -1.63. The molecule has 0 aromatic carbocycles. The minimum atomic E-state index is -1.18. The van der Waals surface area contributed by atoms with Crippen LogP contribution in [0.15, 0.2) is 0 Å². The van der Waals surface area contributed by atoms with Crippen LogP contribution in [0.2, 0.25) is 0 Å². The molecule has 2 unspecified atom stereocenters. The lowest BCUT2D eigenvalue weighted by atomic mass is 9.86. The van der Waals surface area contributed by atoms with Crippen LogP contribution in [-0.2, 0) is 33.4 Å². The SMILES string of the molecule is CCCCCCCCCCCCCCCC(C)C(=O)N1CCN(C(=O)CCNC(=O)C(OC(C)=O)C(C)(C)COC(C)=O)CC1. The summed E-state index contributed by atoms with van der Waals surface area (Å²) < 4.78 is 10.3. The third-order valence-corrected chi connectivity index (χ3v) is 8.62. The first-order chi connectivity index (χ1) is 21.4. The van der Waals surface area contributed by atoms with Gasteiger partial charge in [-0.05, 0) is 6.42 Å². The highest BCUT2D eigenvalue weighted by Crippen LogP contribution is 2.25. The maximum Gasteiger partial charge on any atom is 0.303 e. The minimum Gasteiger partial charge on any atom is -0.465 e. The number of rotatable bonds is 23. The highest BCUT2D eigenvalue weighted by Gasteiger charge is 2.39. The zero-order valence-electron chi connectivity index (χ0n) is 29.3. The predicted molar refractivity (Wildman–Crippen MR) is 176 cm³/mol. The molecule has 10 nitrogen and oxygen atoms in total. The number of ether oxygens (including phenoxy) is 2. The second kappa shape index (κ2) is 22.8. The van der Waals surface area contributed by atoms with Crippen LogP contribution < -0.4 is 5.32 Å². The smallest absolute Gasteiger partial charge is 0.303 e. The fourth-order valence-corrected chi connectivity index (χ4v) is 5.72. The molecule has 0 aliphatic carbocycles. The number of piperazine rings is 1.